The maximum atomic E-state index is 4.49. The molecule has 0 radical (unpaired) electrons. The summed E-state index contributed by atoms with van der Waals surface area (Å²) < 4.78 is 0. The van der Waals surface area contributed by atoms with Gasteiger partial charge in [0.2, 0.25) is 5.95 Å². The predicted octanol–water partition coefficient (Wildman–Crippen LogP) is 4.22. The van der Waals surface area contributed by atoms with Gasteiger partial charge in [-0.25, -0.2) is 0 Å². The molecule has 2 aromatic heterocycles. The van der Waals surface area contributed by atoms with Crippen molar-refractivity contribution in [3.63, 3.8) is 0 Å². The van der Waals surface area contributed by atoms with Gasteiger partial charge in [-0.3, -0.25) is 4.98 Å². The fourth-order valence-corrected chi connectivity index (χ4v) is 2.59. The van der Waals surface area contributed by atoms with Crippen molar-refractivity contribution in [2.45, 2.75) is 6.92 Å². The van der Waals surface area contributed by atoms with Crippen LogP contribution in [0.15, 0.2) is 67.0 Å². The van der Waals surface area contributed by atoms with E-state index in [2.05, 4.69) is 30.8 Å². The molecule has 2 N–H and O–H groups in total. The van der Waals surface area contributed by atoms with Crippen LogP contribution < -0.4 is 10.6 Å². The van der Waals surface area contributed by atoms with Crippen LogP contribution in [0, 0.1) is 6.92 Å². The normalized spacial score (nSPS) is 10.6. The highest BCUT2D eigenvalue weighted by Gasteiger charge is 2.06. The van der Waals surface area contributed by atoms with E-state index in [1.807, 2.05) is 61.5 Å². The molecule has 0 unspecified atom stereocenters. The zero-order valence-corrected chi connectivity index (χ0v) is 13.6. The van der Waals surface area contributed by atoms with Crippen LogP contribution in [0.2, 0.25) is 0 Å². The molecule has 0 bridgehead atoms. The summed E-state index contributed by atoms with van der Waals surface area (Å²) in [5, 5.41) is 15.6. The molecular formula is C19H16N6. The Labute approximate surface area is 145 Å². The second-order valence-electron chi connectivity index (χ2n) is 5.61. The Bertz CT molecular complexity index is 1030. The number of pyridine rings is 1. The van der Waals surface area contributed by atoms with Gasteiger partial charge in [0.15, 0.2) is 5.82 Å². The topological polar surface area (TPSA) is 75.6 Å². The molecule has 0 spiro atoms. The van der Waals surface area contributed by atoms with Gasteiger partial charge in [-0.1, -0.05) is 36.4 Å². The van der Waals surface area contributed by atoms with Gasteiger partial charge >= 0.3 is 0 Å². The van der Waals surface area contributed by atoms with Crippen molar-refractivity contribution in [3.05, 3.63) is 72.6 Å². The van der Waals surface area contributed by atoms with Crippen LogP contribution in [0.25, 0.3) is 10.9 Å². The molecule has 0 atom stereocenters. The Morgan fingerprint density at radius 1 is 0.840 bits per heavy atom. The number of fused-ring (bicyclic) bond motifs is 1. The Hall–Kier alpha value is -3.54. The van der Waals surface area contributed by atoms with Crippen LogP contribution >= 0.6 is 0 Å². The molecule has 6 heteroatoms. The van der Waals surface area contributed by atoms with E-state index >= 15 is 0 Å². The predicted molar refractivity (Wildman–Crippen MR) is 99.3 cm³/mol. The van der Waals surface area contributed by atoms with Gasteiger partial charge in [0.1, 0.15) is 0 Å². The quantitative estimate of drug-likeness (QED) is 0.584. The first-order chi connectivity index (χ1) is 12.3. The first kappa shape index (κ1) is 15.0. The van der Waals surface area contributed by atoms with E-state index < -0.39 is 0 Å². The van der Waals surface area contributed by atoms with E-state index in [0.29, 0.717) is 11.8 Å². The molecule has 0 fully saturated rings. The van der Waals surface area contributed by atoms with Crippen molar-refractivity contribution >= 4 is 34.0 Å². The van der Waals surface area contributed by atoms with Crippen LogP contribution in [0.5, 0.6) is 0 Å². The SMILES string of the molecule is Cc1ccccc1Nc1nncc(Nc2cccc3cccnc23)n1. The van der Waals surface area contributed by atoms with Crippen molar-refractivity contribution in [3.8, 4) is 0 Å². The molecular weight excluding hydrogens is 312 g/mol. The van der Waals surface area contributed by atoms with Gasteiger partial charge in [-0.05, 0) is 30.7 Å². The molecule has 2 aromatic carbocycles. The molecule has 0 aliphatic carbocycles. The smallest absolute Gasteiger partial charge is 0.249 e. The number of nitrogens with one attached hydrogen (secondary N) is 2. The second kappa shape index (κ2) is 6.52. The average molecular weight is 328 g/mol. The summed E-state index contributed by atoms with van der Waals surface area (Å²) in [5.41, 5.74) is 3.83. The van der Waals surface area contributed by atoms with E-state index in [1.165, 1.54) is 0 Å². The van der Waals surface area contributed by atoms with E-state index in [1.54, 1.807) is 12.4 Å². The number of hydrogen-bond acceptors (Lipinski definition) is 6. The minimum atomic E-state index is 0.437. The van der Waals surface area contributed by atoms with E-state index in [9.17, 15) is 0 Å². The lowest BCUT2D eigenvalue weighted by molar-refractivity contribution is 0.982. The highest BCUT2D eigenvalue weighted by molar-refractivity contribution is 5.91. The van der Waals surface area contributed by atoms with Crippen molar-refractivity contribution < 1.29 is 0 Å². The third kappa shape index (κ3) is 3.23. The molecule has 0 saturated carbocycles. The summed E-state index contributed by atoms with van der Waals surface area (Å²) in [5.74, 6) is 1.04. The Balaban J connectivity index is 1.62. The minimum absolute atomic E-state index is 0.437. The third-order valence-corrected chi connectivity index (χ3v) is 3.85. The lowest BCUT2D eigenvalue weighted by Crippen LogP contribution is -2.03. The maximum absolute atomic E-state index is 4.49. The highest BCUT2D eigenvalue weighted by atomic mass is 15.3. The molecule has 4 rings (SSSR count). The van der Waals surface area contributed by atoms with Gasteiger partial charge in [0, 0.05) is 17.3 Å². The van der Waals surface area contributed by atoms with Gasteiger partial charge in [0.25, 0.3) is 0 Å². The van der Waals surface area contributed by atoms with Crippen LogP contribution in [-0.4, -0.2) is 20.2 Å². The number of anilines is 4. The molecule has 25 heavy (non-hydrogen) atoms. The van der Waals surface area contributed by atoms with Crippen molar-refractivity contribution in [2.24, 2.45) is 0 Å². The summed E-state index contributed by atoms with van der Waals surface area (Å²) in [6.07, 6.45) is 3.36. The van der Waals surface area contributed by atoms with Crippen LogP contribution in [-0.2, 0) is 0 Å². The lowest BCUT2D eigenvalue weighted by atomic mass is 10.2. The molecule has 2 heterocycles. The molecule has 0 saturated heterocycles. The zero-order chi connectivity index (χ0) is 17.1. The molecule has 4 aromatic rings. The maximum Gasteiger partial charge on any atom is 0.249 e. The Morgan fingerprint density at radius 3 is 2.60 bits per heavy atom. The van der Waals surface area contributed by atoms with Crippen LogP contribution in [0.1, 0.15) is 5.56 Å². The molecule has 0 aliphatic rings. The minimum Gasteiger partial charge on any atom is -0.337 e. The summed E-state index contributed by atoms with van der Waals surface area (Å²) in [6, 6.07) is 17.9. The summed E-state index contributed by atoms with van der Waals surface area (Å²) in [6.45, 7) is 2.03. The van der Waals surface area contributed by atoms with E-state index in [4.69, 9.17) is 0 Å². The van der Waals surface area contributed by atoms with Crippen LogP contribution in [0.3, 0.4) is 0 Å². The fraction of sp³-hybridized carbons (Fsp3) is 0.0526. The molecule has 0 amide bonds. The standard InChI is InChI=1S/C19H16N6/c1-13-6-2-3-9-15(13)23-19-24-17(12-21-25-19)22-16-10-4-7-14-8-5-11-20-18(14)16/h2-12H,1H3,(H2,22,23,24,25). The molecule has 122 valence electrons. The monoisotopic (exact) mass is 328 g/mol. The number of para-hydroxylation sites is 2. The summed E-state index contributed by atoms with van der Waals surface area (Å²) in [4.78, 5) is 8.92. The number of rotatable bonds is 4. The van der Waals surface area contributed by atoms with E-state index in [0.717, 1.165) is 27.8 Å². The summed E-state index contributed by atoms with van der Waals surface area (Å²) in [7, 11) is 0. The Kier molecular flexibility index (Phi) is 3.92. The zero-order valence-electron chi connectivity index (χ0n) is 13.6. The average Bonchev–Trinajstić information content (AvgIpc) is 2.64. The van der Waals surface area contributed by atoms with Gasteiger partial charge in [0.05, 0.1) is 17.4 Å². The lowest BCUT2D eigenvalue weighted by Gasteiger charge is -2.10. The first-order valence-corrected chi connectivity index (χ1v) is 7.93. The van der Waals surface area contributed by atoms with Gasteiger partial charge in [-0.15, -0.1) is 5.10 Å². The summed E-state index contributed by atoms with van der Waals surface area (Å²) >= 11 is 0. The number of hydrogen-bond donors (Lipinski definition) is 2. The number of benzene rings is 2. The highest BCUT2D eigenvalue weighted by Crippen LogP contribution is 2.24. The molecule has 0 aliphatic heterocycles. The second-order valence-corrected chi connectivity index (χ2v) is 5.61. The van der Waals surface area contributed by atoms with Crippen molar-refractivity contribution in [1.82, 2.24) is 20.2 Å². The van der Waals surface area contributed by atoms with Gasteiger partial charge < -0.3 is 10.6 Å². The number of aryl methyl sites for hydroxylation is 1. The molecule has 6 nitrogen and oxygen atoms in total. The Morgan fingerprint density at radius 2 is 1.68 bits per heavy atom. The van der Waals surface area contributed by atoms with Crippen molar-refractivity contribution in [2.75, 3.05) is 10.6 Å². The number of nitrogens with zero attached hydrogens (tertiary/aromatic N) is 4. The van der Waals surface area contributed by atoms with Gasteiger partial charge in [-0.2, -0.15) is 10.1 Å². The third-order valence-electron chi connectivity index (χ3n) is 3.85. The first-order valence-electron chi connectivity index (χ1n) is 7.93. The van der Waals surface area contributed by atoms with E-state index in [-0.39, 0.29) is 0 Å². The fourth-order valence-electron chi connectivity index (χ4n) is 2.59. The van der Waals surface area contributed by atoms with Crippen LogP contribution in [0.4, 0.5) is 23.1 Å². The number of aromatic nitrogens is 4. The largest absolute Gasteiger partial charge is 0.337 e. The van der Waals surface area contributed by atoms with Crippen molar-refractivity contribution in [1.29, 1.82) is 0 Å².